The predicted molar refractivity (Wildman–Crippen MR) is 130 cm³/mol. The minimum atomic E-state index is -0.435. The number of anilines is 2. The summed E-state index contributed by atoms with van der Waals surface area (Å²) in [6, 6.07) is 17.5. The lowest BCUT2D eigenvalue weighted by Crippen LogP contribution is -2.22. The van der Waals surface area contributed by atoms with E-state index in [1.165, 1.54) is 34.9 Å². The van der Waals surface area contributed by atoms with Crippen molar-refractivity contribution in [1.29, 1.82) is 10.5 Å². The van der Waals surface area contributed by atoms with Gasteiger partial charge in [-0.1, -0.05) is 47.0 Å². The fourth-order valence-corrected chi connectivity index (χ4v) is 5.83. The van der Waals surface area contributed by atoms with E-state index < -0.39 is 10.5 Å². The van der Waals surface area contributed by atoms with Crippen LogP contribution >= 0.6 is 34.9 Å². The number of benzene rings is 2. The summed E-state index contributed by atoms with van der Waals surface area (Å²) < 4.78 is 1.22. The van der Waals surface area contributed by atoms with Crippen LogP contribution in [0.3, 0.4) is 0 Å². The van der Waals surface area contributed by atoms with Gasteiger partial charge >= 0.3 is 0 Å². The highest BCUT2D eigenvalue weighted by atomic mass is 32.2. The van der Waals surface area contributed by atoms with Gasteiger partial charge in [-0.3, -0.25) is 9.59 Å². The number of rotatable bonds is 8. The number of thioether (sulfide) groups is 2. The standard InChI is InChI=1S/C22H18N6O2S3/c1-13(19(29)25-17-7-3-5-15(9-17)11-23)31-21-27-28-22(33-21)32-14(2)20(30)26-18-8-4-6-16(10-18)12-24/h3-10,13-14H,1-2H3,(H,25,29)(H,26,30). The minimum Gasteiger partial charge on any atom is -0.325 e. The molecule has 0 bridgehead atoms. The van der Waals surface area contributed by atoms with Crippen LogP contribution in [0.1, 0.15) is 25.0 Å². The maximum absolute atomic E-state index is 12.5. The number of amides is 2. The van der Waals surface area contributed by atoms with Gasteiger partial charge in [0.15, 0.2) is 8.68 Å². The summed E-state index contributed by atoms with van der Waals surface area (Å²) in [5.74, 6) is -0.432. The van der Waals surface area contributed by atoms with Crippen LogP contribution in [0.15, 0.2) is 57.2 Å². The molecule has 2 aromatic carbocycles. The van der Waals surface area contributed by atoms with Crippen LogP contribution < -0.4 is 10.6 Å². The zero-order chi connectivity index (χ0) is 23.8. The second kappa shape index (κ2) is 11.5. The largest absolute Gasteiger partial charge is 0.325 e. The Morgan fingerprint density at radius 3 is 1.67 bits per heavy atom. The van der Waals surface area contributed by atoms with Gasteiger partial charge in [-0.05, 0) is 50.2 Å². The first kappa shape index (κ1) is 24.3. The Morgan fingerprint density at radius 2 is 1.27 bits per heavy atom. The maximum Gasteiger partial charge on any atom is 0.237 e. The molecular weight excluding hydrogens is 476 g/mol. The number of aromatic nitrogens is 2. The lowest BCUT2D eigenvalue weighted by atomic mass is 10.2. The van der Waals surface area contributed by atoms with Gasteiger partial charge in [0.2, 0.25) is 11.8 Å². The third-order valence-corrected chi connectivity index (χ3v) is 7.49. The summed E-state index contributed by atoms with van der Waals surface area (Å²) >= 11 is 3.84. The van der Waals surface area contributed by atoms with E-state index in [4.69, 9.17) is 10.5 Å². The zero-order valence-corrected chi connectivity index (χ0v) is 20.1. The molecule has 0 radical (unpaired) electrons. The average Bonchev–Trinajstić information content (AvgIpc) is 3.25. The van der Waals surface area contributed by atoms with Crippen molar-refractivity contribution in [3.63, 3.8) is 0 Å². The lowest BCUT2D eigenvalue weighted by Gasteiger charge is -2.10. The average molecular weight is 495 g/mol. The van der Waals surface area contributed by atoms with Crippen LogP contribution in [0.5, 0.6) is 0 Å². The summed E-state index contributed by atoms with van der Waals surface area (Å²) in [4.78, 5) is 24.9. The highest BCUT2D eigenvalue weighted by Crippen LogP contribution is 2.33. The Hall–Kier alpha value is -3.38. The van der Waals surface area contributed by atoms with Gasteiger partial charge in [0.25, 0.3) is 0 Å². The summed E-state index contributed by atoms with van der Waals surface area (Å²) in [5.41, 5.74) is 2.05. The Balaban J connectivity index is 1.53. The molecule has 0 aliphatic rings. The first-order valence-electron chi connectivity index (χ1n) is 9.67. The minimum absolute atomic E-state index is 0.216. The molecule has 2 amide bonds. The van der Waals surface area contributed by atoms with E-state index in [0.29, 0.717) is 31.2 Å². The van der Waals surface area contributed by atoms with Crippen molar-refractivity contribution < 1.29 is 9.59 Å². The number of hydrogen-bond donors (Lipinski definition) is 2. The Labute approximate surface area is 203 Å². The molecule has 3 rings (SSSR count). The predicted octanol–water partition coefficient (Wildman–Crippen LogP) is 4.52. The van der Waals surface area contributed by atoms with Crippen molar-refractivity contribution in [3.05, 3.63) is 59.7 Å². The molecule has 0 fully saturated rings. The molecule has 3 aromatic rings. The molecule has 8 nitrogen and oxygen atoms in total. The summed E-state index contributed by atoms with van der Waals surface area (Å²) in [7, 11) is 0. The molecular formula is C22H18N6O2S3. The SMILES string of the molecule is CC(Sc1nnc(SC(C)C(=O)Nc2cccc(C#N)c2)s1)C(=O)Nc1cccc(C#N)c1. The first-order chi connectivity index (χ1) is 15.9. The van der Waals surface area contributed by atoms with Crippen molar-refractivity contribution in [2.45, 2.75) is 33.0 Å². The molecule has 0 aliphatic carbocycles. The van der Waals surface area contributed by atoms with E-state index in [1.54, 1.807) is 62.4 Å². The molecule has 0 spiro atoms. The molecule has 33 heavy (non-hydrogen) atoms. The normalized spacial score (nSPS) is 12.1. The molecule has 1 aromatic heterocycles. The third kappa shape index (κ3) is 7.05. The molecule has 2 unspecified atom stereocenters. The number of carbonyl (C=O) groups excluding carboxylic acids is 2. The zero-order valence-electron chi connectivity index (χ0n) is 17.6. The van der Waals surface area contributed by atoms with Crippen LogP contribution in [-0.2, 0) is 9.59 Å². The quantitative estimate of drug-likeness (QED) is 0.437. The van der Waals surface area contributed by atoms with Crippen molar-refractivity contribution in [2.24, 2.45) is 0 Å². The van der Waals surface area contributed by atoms with Gasteiger partial charge in [0, 0.05) is 11.4 Å². The fraction of sp³-hybridized carbons (Fsp3) is 0.182. The first-order valence-corrected chi connectivity index (χ1v) is 12.2. The van der Waals surface area contributed by atoms with E-state index in [-0.39, 0.29) is 11.8 Å². The van der Waals surface area contributed by atoms with Gasteiger partial charge in [0.05, 0.1) is 33.8 Å². The number of nitrogens with one attached hydrogen (secondary N) is 2. The molecule has 0 aliphatic heterocycles. The van der Waals surface area contributed by atoms with Gasteiger partial charge < -0.3 is 10.6 Å². The van der Waals surface area contributed by atoms with E-state index in [1.807, 2.05) is 12.1 Å². The van der Waals surface area contributed by atoms with Crippen molar-refractivity contribution in [3.8, 4) is 12.1 Å². The summed E-state index contributed by atoms with van der Waals surface area (Å²) in [6.07, 6.45) is 0. The van der Waals surface area contributed by atoms with E-state index in [0.717, 1.165) is 0 Å². The lowest BCUT2D eigenvalue weighted by molar-refractivity contribution is -0.116. The van der Waals surface area contributed by atoms with Gasteiger partial charge in [0.1, 0.15) is 0 Å². The monoisotopic (exact) mass is 494 g/mol. The van der Waals surface area contributed by atoms with E-state index in [2.05, 4.69) is 20.8 Å². The number of nitriles is 2. The summed E-state index contributed by atoms with van der Waals surface area (Å²) in [6.45, 7) is 3.52. The molecule has 166 valence electrons. The van der Waals surface area contributed by atoms with Crippen molar-refractivity contribution >= 4 is 58.0 Å². The van der Waals surface area contributed by atoms with Crippen molar-refractivity contribution in [2.75, 3.05) is 10.6 Å². The molecule has 2 atom stereocenters. The van der Waals surface area contributed by atoms with Gasteiger partial charge in [-0.2, -0.15) is 10.5 Å². The van der Waals surface area contributed by atoms with Gasteiger partial charge in [-0.25, -0.2) is 0 Å². The van der Waals surface area contributed by atoms with Gasteiger partial charge in [-0.15, -0.1) is 10.2 Å². The smallest absolute Gasteiger partial charge is 0.237 e. The van der Waals surface area contributed by atoms with E-state index in [9.17, 15) is 9.59 Å². The molecule has 1 heterocycles. The molecule has 11 heteroatoms. The number of nitrogens with zero attached hydrogens (tertiary/aromatic N) is 4. The second-order valence-electron chi connectivity index (χ2n) is 6.72. The van der Waals surface area contributed by atoms with Crippen molar-refractivity contribution in [1.82, 2.24) is 10.2 Å². The summed E-state index contributed by atoms with van der Waals surface area (Å²) in [5, 5.41) is 30.9. The fourth-order valence-electron chi connectivity index (χ4n) is 2.52. The second-order valence-corrected chi connectivity index (χ2v) is 10.9. The molecule has 2 N–H and O–H groups in total. The van der Waals surface area contributed by atoms with E-state index >= 15 is 0 Å². The van der Waals surface area contributed by atoms with Crippen LogP contribution in [0, 0.1) is 22.7 Å². The highest BCUT2D eigenvalue weighted by Gasteiger charge is 2.20. The molecule has 0 saturated carbocycles. The van der Waals surface area contributed by atoms with Crippen LogP contribution in [0.2, 0.25) is 0 Å². The topological polar surface area (TPSA) is 132 Å². The maximum atomic E-state index is 12.5. The van der Waals surface area contributed by atoms with Crippen LogP contribution in [0.25, 0.3) is 0 Å². The number of carbonyl (C=O) groups is 2. The highest BCUT2D eigenvalue weighted by molar-refractivity contribution is 8.04. The Bertz CT molecular complexity index is 1150. The Morgan fingerprint density at radius 1 is 0.848 bits per heavy atom. The molecule has 0 saturated heterocycles. The third-order valence-electron chi connectivity index (χ3n) is 4.20. The van der Waals surface area contributed by atoms with Crippen LogP contribution in [-0.4, -0.2) is 32.5 Å². The van der Waals surface area contributed by atoms with Crippen LogP contribution in [0.4, 0.5) is 11.4 Å². The Kier molecular flexibility index (Phi) is 8.44. The number of hydrogen-bond acceptors (Lipinski definition) is 9.